The van der Waals surface area contributed by atoms with Crippen molar-refractivity contribution in [2.24, 2.45) is 10.7 Å². The second-order valence-corrected chi connectivity index (χ2v) is 7.44. The van der Waals surface area contributed by atoms with Crippen molar-refractivity contribution in [3.05, 3.63) is 47.2 Å². The van der Waals surface area contributed by atoms with E-state index in [4.69, 9.17) is 5.73 Å². The molecule has 30 heavy (non-hydrogen) atoms. The summed E-state index contributed by atoms with van der Waals surface area (Å²) in [5, 5.41) is 10.7. The average molecular weight is 415 g/mol. The van der Waals surface area contributed by atoms with Crippen LogP contribution < -0.4 is 5.73 Å². The summed E-state index contributed by atoms with van der Waals surface area (Å²) in [6.07, 6.45) is 15.5. The van der Waals surface area contributed by atoms with Crippen LogP contribution in [0.15, 0.2) is 35.5 Å². The molecule has 1 rings (SSSR count). The van der Waals surface area contributed by atoms with Crippen molar-refractivity contribution in [1.29, 1.82) is 0 Å². The predicted octanol–water partition coefficient (Wildman–Crippen LogP) is 5.44. The summed E-state index contributed by atoms with van der Waals surface area (Å²) in [6.45, 7) is 2.22. The summed E-state index contributed by atoms with van der Waals surface area (Å²) in [6, 6.07) is 5.92. The van der Waals surface area contributed by atoms with E-state index >= 15 is 0 Å². The number of aliphatic hydroxyl groups excluding tert-OH is 1. The topological polar surface area (TPSA) is 84.9 Å². The highest BCUT2D eigenvalue weighted by atomic mass is 16.5. The maximum absolute atomic E-state index is 11.3. The lowest BCUT2D eigenvalue weighted by molar-refractivity contribution is -0.140. The predicted molar refractivity (Wildman–Crippen MR) is 126 cm³/mol. The largest absolute Gasteiger partial charge is 0.469 e. The third-order valence-electron chi connectivity index (χ3n) is 5.08. The Morgan fingerprint density at radius 3 is 2.67 bits per heavy atom. The third-order valence-corrected chi connectivity index (χ3v) is 5.08. The van der Waals surface area contributed by atoms with Crippen LogP contribution in [0.3, 0.4) is 0 Å². The number of aliphatic imine (C=N–C) groups is 1. The van der Waals surface area contributed by atoms with Gasteiger partial charge in [0.1, 0.15) is 0 Å². The van der Waals surface area contributed by atoms with E-state index in [1.807, 2.05) is 18.2 Å². The van der Waals surface area contributed by atoms with E-state index in [1.165, 1.54) is 45.4 Å². The summed E-state index contributed by atoms with van der Waals surface area (Å²) in [4.78, 5) is 15.4. The van der Waals surface area contributed by atoms with Crippen molar-refractivity contribution in [2.45, 2.75) is 70.8 Å². The maximum atomic E-state index is 11.3. The molecule has 0 heterocycles. The van der Waals surface area contributed by atoms with Gasteiger partial charge in [-0.2, -0.15) is 0 Å². The zero-order chi connectivity index (χ0) is 22.2. The number of rotatable bonds is 14. The van der Waals surface area contributed by atoms with Gasteiger partial charge in [0.05, 0.1) is 13.2 Å². The first kappa shape index (κ1) is 25.6. The molecular weight excluding hydrogens is 376 g/mol. The number of hydrogen-bond donors (Lipinski definition) is 2. The van der Waals surface area contributed by atoms with Crippen LogP contribution in [0, 0.1) is 0 Å². The van der Waals surface area contributed by atoms with Crippen LogP contribution in [0.5, 0.6) is 0 Å². The highest BCUT2D eigenvalue weighted by molar-refractivity contribution is 6.09. The number of nitrogens with zero attached hydrogens (tertiary/aromatic N) is 1. The molecule has 0 spiro atoms. The fourth-order valence-electron chi connectivity index (χ4n) is 3.33. The van der Waals surface area contributed by atoms with E-state index in [1.54, 1.807) is 13.3 Å². The highest BCUT2D eigenvalue weighted by Gasteiger charge is 2.14. The summed E-state index contributed by atoms with van der Waals surface area (Å²) < 4.78 is 4.68. The van der Waals surface area contributed by atoms with E-state index in [2.05, 4.69) is 28.8 Å². The molecule has 0 aliphatic carbocycles. The Hall–Kier alpha value is -2.40. The number of hydrogen-bond acceptors (Lipinski definition) is 5. The maximum Gasteiger partial charge on any atom is 0.305 e. The van der Waals surface area contributed by atoms with Crippen molar-refractivity contribution in [3.63, 3.8) is 0 Å². The summed E-state index contributed by atoms with van der Waals surface area (Å²) >= 11 is 0. The Kier molecular flexibility index (Phi) is 13.2. The van der Waals surface area contributed by atoms with E-state index < -0.39 is 6.10 Å². The molecule has 5 heteroatoms. The molecule has 0 radical (unpaired) electrons. The number of carbonyl (C=O) groups excluding carboxylic acids is 1. The van der Waals surface area contributed by atoms with Gasteiger partial charge in [-0.3, -0.25) is 9.79 Å². The van der Waals surface area contributed by atoms with Crippen LogP contribution in [0.2, 0.25) is 0 Å². The molecular formula is C25H38N2O3. The molecule has 0 aliphatic rings. The molecule has 0 saturated carbocycles. The highest BCUT2D eigenvalue weighted by Crippen LogP contribution is 2.27. The molecule has 3 N–H and O–H groups in total. The zero-order valence-corrected chi connectivity index (χ0v) is 18.8. The monoisotopic (exact) mass is 414 g/mol. The van der Waals surface area contributed by atoms with Crippen LogP contribution in [0.4, 0.5) is 0 Å². The van der Waals surface area contributed by atoms with Crippen LogP contribution in [0.1, 0.15) is 87.5 Å². The molecule has 166 valence electrons. The van der Waals surface area contributed by atoms with E-state index in [0.29, 0.717) is 19.3 Å². The lowest BCUT2D eigenvalue weighted by Crippen LogP contribution is -2.04. The average Bonchev–Trinajstić information content (AvgIpc) is 2.76. The van der Waals surface area contributed by atoms with Gasteiger partial charge in [-0.1, -0.05) is 56.9 Å². The minimum absolute atomic E-state index is 0.252. The van der Waals surface area contributed by atoms with Crippen molar-refractivity contribution in [1.82, 2.24) is 0 Å². The van der Waals surface area contributed by atoms with Gasteiger partial charge >= 0.3 is 5.97 Å². The number of carbonyl (C=O) groups is 1. The van der Waals surface area contributed by atoms with Crippen molar-refractivity contribution < 1.29 is 14.6 Å². The number of methoxy groups -OCH3 is 1. The normalized spacial score (nSPS) is 13.3. The summed E-state index contributed by atoms with van der Waals surface area (Å²) in [7, 11) is 3.09. The van der Waals surface area contributed by atoms with Gasteiger partial charge in [0.15, 0.2) is 0 Å². The molecule has 1 atom stereocenters. The number of allylic oxidation sites excluding steroid dienone is 2. The van der Waals surface area contributed by atoms with Crippen LogP contribution in [0.25, 0.3) is 11.6 Å². The van der Waals surface area contributed by atoms with Crippen molar-refractivity contribution in [3.8, 4) is 0 Å². The quantitative estimate of drug-likeness (QED) is 0.241. The second kappa shape index (κ2) is 15.4. The fraction of sp³-hybridized carbons (Fsp3) is 0.520. The minimum atomic E-state index is -0.641. The lowest BCUT2D eigenvalue weighted by atomic mass is 9.94. The van der Waals surface area contributed by atoms with Gasteiger partial charge in [0, 0.05) is 31.5 Å². The Labute approximate surface area is 181 Å². The van der Waals surface area contributed by atoms with Gasteiger partial charge in [0.25, 0.3) is 0 Å². The van der Waals surface area contributed by atoms with Crippen LogP contribution >= 0.6 is 0 Å². The number of esters is 1. The number of nitrogens with two attached hydrogens (primary N) is 1. The molecule has 1 aromatic carbocycles. The van der Waals surface area contributed by atoms with Crippen LogP contribution in [-0.2, 0) is 9.53 Å². The van der Waals surface area contributed by atoms with Crippen molar-refractivity contribution >= 4 is 23.8 Å². The Balaban J connectivity index is 2.94. The van der Waals surface area contributed by atoms with Gasteiger partial charge in [0.2, 0.25) is 0 Å². The van der Waals surface area contributed by atoms with Gasteiger partial charge in [-0.15, -0.1) is 0 Å². The Morgan fingerprint density at radius 1 is 1.23 bits per heavy atom. The van der Waals surface area contributed by atoms with E-state index in [-0.39, 0.29) is 5.97 Å². The van der Waals surface area contributed by atoms with Gasteiger partial charge in [-0.25, -0.2) is 0 Å². The molecule has 0 bridgehead atoms. The Bertz CT molecular complexity index is 723. The molecule has 0 aliphatic heterocycles. The molecule has 1 unspecified atom stereocenters. The first-order chi connectivity index (χ1) is 14.6. The first-order valence-electron chi connectivity index (χ1n) is 11.0. The summed E-state index contributed by atoms with van der Waals surface area (Å²) in [5.74, 6) is -0.252. The number of ether oxygens (including phenoxy) is 1. The smallest absolute Gasteiger partial charge is 0.305 e. The zero-order valence-electron chi connectivity index (χ0n) is 18.8. The third kappa shape index (κ3) is 9.40. The molecule has 0 amide bonds. The molecule has 5 nitrogen and oxygen atoms in total. The number of aliphatic hydroxyl groups is 1. The van der Waals surface area contributed by atoms with Crippen LogP contribution in [-0.4, -0.2) is 31.4 Å². The second-order valence-electron chi connectivity index (χ2n) is 7.44. The van der Waals surface area contributed by atoms with E-state index in [0.717, 1.165) is 28.7 Å². The van der Waals surface area contributed by atoms with E-state index in [9.17, 15) is 9.90 Å². The summed E-state index contributed by atoms with van der Waals surface area (Å²) in [5.41, 5.74) is 9.37. The van der Waals surface area contributed by atoms with Gasteiger partial charge < -0.3 is 15.6 Å². The molecule has 0 fully saturated rings. The minimum Gasteiger partial charge on any atom is -0.469 e. The molecule has 0 saturated heterocycles. The standard InChI is InChI=1S/C25H38N2O3/c1-4-5-6-7-8-9-10-12-21-17-20(22(18-26)19-27-2)15-16-23(21)24(28)13-11-14-25(29)30-3/h10,12,15-19,24,28H,4-9,11,13-14,26H2,1-3H3/b12-10+,22-18+,27-19?. The van der Waals surface area contributed by atoms with Gasteiger partial charge in [-0.05, 0) is 48.4 Å². The molecule has 0 aromatic heterocycles. The van der Waals surface area contributed by atoms with Crippen molar-refractivity contribution in [2.75, 3.05) is 14.2 Å². The first-order valence-corrected chi connectivity index (χ1v) is 11.0. The lowest BCUT2D eigenvalue weighted by Gasteiger charge is -2.15. The molecule has 1 aromatic rings. The fourth-order valence-corrected chi connectivity index (χ4v) is 3.33. The Morgan fingerprint density at radius 2 is 2.00 bits per heavy atom. The number of benzene rings is 1. The number of unbranched alkanes of at least 4 members (excludes halogenated alkanes) is 5. The SMILES string of the molecule is CCCCCCC/C=C/c1cc(/C(C=NC)=C/N)ccc1C(O)CCCC(=O)OC.